The van der Waals surface area contributed by atoms with Gasteiger partial charge in [0.2, 0.25) is 5.91 Å². The van der Waals surface area contributed by atoms with Gasteiger partial charge in [0.15, 0.2) is 0 Å². The third kappa shape index (κ3) is 3.95. The monoisotopic (exact) mass is 314 g/mol. The van der Waals surface area contributed by atoms with Crippen LogP contribution in [-0.4, -0.2) is 28.9 Å². The zero-order valence-electron chi connectivity index (χ0n) is 14.7. The number of piperidine rings is 2. The van der Waals surface area contributed by atoms with E-state index in [0.29, 0.717) is 18.1 Å². The molecule has 2 aliphatic rings. The van der Waals surface area contributed by atoms with E-state index in [1.165, 1.54) is 24.8 Å². The molecule has 2 heterocycles. The molecule has 3 heteroatoms. The average Bonchev–Trinajstić information content (AvgIpc) is 2.48. The largest absolute Gasteiger partial charge is 0.353 e. The van der Waals surface area contributed by atoms with Gasteiger partial charge in [-0.05, 0) is 31.2 Å². The van der Waals surface area contributed by atoms with Gasteiger partial charge in [0.25, 0.3) is 0 Å². The smallest absolute Gasteiger partial charge is 0.225 e. The number of fused-ring (bicyclic) bond motifs is 2. The van der Waals surface area contributed by atoms with Crippen molar-refractivity contribution in [2.24, 2.45) is 5.41 Å². The van der Waals surface area contributed by atoms with Crippen LogP contribution >= 0.6 is 0 Å². The van der Waals surface area contributed by atoms with Crippen molar-refractivity contribution in [3.8, 4) is 0 Å². The van der Waals surface area contributed by atoms with Gasteiger partial charge in [-0.2, -0.15) is 0 Å². The van der Waals surface area contributed by atoms with Crippen molar-refractivity contribution in [2.75, 3.05) is 0 Å². The number of nitrogens with zero attached hydrogens (tertiary/aromatic N) is 1. The molecule has 0 aromatic heterocycles. The Labute approximate surface area is 140 Å². The van der Waals surface area contributed by atoms with Gasteiger partial charge in [0, 0.05) is 30.1 Å². The Bertz CT molecular complexity index is 520. The Morgan fingerprint density at radius 3 is 2.30 bits per heavy atom. The molecule has 1 aromatic carbocycles. The second-order valence-electron chi connectivity index (χ2n) is 8.29. The normalized spacial score (nSPS) is 28.4. The van der Waals surface area contributed by atoms with Crippen LogP contribution in [-0.2, 0) is 11.3 Å². The average molecular weight is 314 g/mol. The second-order valence-corrected chi connectivity index (χ2v) is 8.29. The fourth-order valence-electron chi connectivity index (χ4n) is 4.05. The number of hydrogen-bond donors (Lipinski definition) is 1. The van der Waals surface area contributed by atoms with E-state index in [2.05, 4.69) is 40.5 Å². The summed E-state index contributed by atoms with van der Waals surface area (Å²) in [6.45, 7) is 7.03. The first-order valence-corrected chi connectivity index (χ1v) is 9.04. The van der Waals surface area contributed by atoms with Gasteiger partial charge in [-0.1, -0.05) is 57.5 Å². The van der Waals surface area contributed by atoms with Crippen LogP contribution in [0.4, 0.5) is 0 Å². The third-order valence-corrected chi connectivity index (χ3v) is 5.35. The molecule has 2 aliphatic heterocycles. The number of amides is 1. The Morgan fingerprint density at radius 1 is 1.13 bits per heavy atom. The first kappa shape index (κ1) is 16.5. The maximum atomic E-state index is 12.3. The minimum Gasteiger partial charge on any atom is -0.353 e. The summed E-state index contributed by atoms with van der Waals surface area (Å²) < 4.78 is 0. The number of nitrogens with one attached hydrogen (secondary N) is 1. The highest BCUT2D eigenvalue weighted by Gasteiger charge is 2.39. The van der Waals surface area contributed by atoms with E-state index in [0.717, 1.165) is 19.4 Å². The van der Waals surface area contributed by atoms with Gasteiger partial charge in [0.1, 0.15) is 0 Å². The quantitative estimate of drug-likeness (QED) is 0.922. The van der Waals surface area contributed by atoms with Crippen molar-refractivity contribution in [3.05, 3.63) is 35.9 Å². The molecule has 23 heavy (non-hydrogen) atoms. The molecule has 2 bridgehead atoms. The molecule has 126 valence electrons. The molecule has 2 saturated heterocycles. The molecular weight excluding hydrogens is 284 g/mol. The third-order valence-electron chi connectivity index (χ3n) is 5.35. The summed E-state index contributed by atoms with van der Waals surface area (Å²) >= 11 is 0. The molecule has 1 aromatic rings. The Balaban J connectivity index is 1.65. The number of benzene rings is 1. The Kier molecular flexibility index (Phi) is 4.77. The summed E-state index contributed by atoms with van der Waals surface area (Å²) in [4.78, 5) is 15.0. The van der Waals surface area contributed by atoms with E-state index in [4.69, 9.17) is 0 Å². The molecule has 2 unspecified atom stereocenters. The van der Waals surface area contributed by atoms with Crippen molar-refractivity contribution in [3.63, 3.8) is 0 Å². The van der Waals surface area contributed by atoms with Gasteiger partial charge < -0.3 is 5.32 Å². The molecule has 0 radical (unpaired) electrons. The zero-order valence-corrected chi connectivity index (χ0v) is 14.7. The number of rotatable bonds is 3. The number of hydrogen-bond acceptors (Lipinski definition) is 2. The van der Waals surface area contributed by atoms with Crippen LogP contribution in [0.25, 0.3) is 0 Å². The van der Waals surface area contributed by atoms with E-state index in [1.807, 2.05) is 20.8 Å². The van der Waals surface area contributed by atoms with Crippen molar-refractivity contribution in [1.82, 2.24) is 10.2 Å². The van der Waals surface area contributed by atoms with Crippen molar-refractivity contribution in [2.45, 2.75) is 77.5 Å². The summed E-state index contributed by atoms with van der Waals surface area (Å²) in [5.41, 5.74) is 1.11. The summed E-state index contributed by atoms with van der Waals surface area (Å²) in [5.74, 6) is 0.192. The van der Waals surface area contributed by atoms with Crippen LogP contribution in [0.5, 0.6) is 0 Å². The fourth-order valence-corrected chi connectivity index (χ4v) is 4.05. The molecule has 1 amide bonds. The minimum absolute atomic E-state index is 0.192. The van der Waals surface area contributed by atoms with E-state index in [-0.39, 0.29) is 11.3 Å². The SMILES string of the molecule is CC(C)(C)C(=O)NC1CC2CCCC(C1)N2Cc1ccccc1. The van der Waals surface area contributed by atoms with Gasteiger partial charge in [-0.3, -0.25) is 9.69 Å². The standard InChI is InChI=1S/C20H30N2O/c1-20(2,3)19(23)21-16-12-17-10-7-11-18(13-16)22(17)14-15-8-5-4-6-9-15/h4-6,8-9,16-18H,7,10-14H2,1-3H3,(H,21,23). The van der Waals surface area contributed by atoms with Crippen LogP contribution in [0.1, 0.15) is 58.4 Å². The van der Waals surface area contributed by atoms with Crippen molar-refractivity contribution < 1.29 is 4.79 Å². The highest BCUT2D eigenvalue weighted by molar-refractivity contribution is 5.81. The molecule has 2 atom stereocenters. The predicted molar refractivity (Wildman–Crippen MR) is 94.0 cm³/mol. The number of carbonyl (C=O) groups excluding carboxylic acids is 1. The van der Waals surface area contributed by atoms with Gasteiger partial charge >= 0.3 is 0 Å². The highest BCUT2D eigenvalue weighted by atomic mass is 16.2. The molecule has 1 N–H and O–H groups in total. The topological polar surface area (TPSA) is 32.3 Å². The Morgan fingerprint density at radius 2 is 1.74 bits per heavy atom. The second kappa shape index (κ2) is 6.64. The van der Waals surface area contributed by atoms with E-state index in [9.17, 15) is 4.79 Å². The summed E-state index contributed by atoms with van der Waals surface area (Å²) in [7, 11) is 0. The van der Waals surface area contributed by atoms with Crippen LogP contribution in [0.15, 0.2) is 30.3 Å². The molecule has 2 fully saturated rings. The van der Waals surface area contributed by atoms with Crippen LogP contribution < -0.4 is 5.32 Å². The van der Waals surface area contributed by atoms with E-state index >= 15 is 0 Å². The number of carbonyl (C=O) groups is 1. The maximum Gasteiger partial charge on any atom is 0.225 e. The zero-order chi connectivity index (χ0) is 16.4. The lowest BCUT2D eigenvalue weighted by Gasteiger charge is -2.49. The molecule has 0 aliphatic carbocycles. The minimum atomic E-state index is -0.295. The van der Waals surface area contributed by atoms with Crippen molar-refractivity contribution in [1.29, 1.82) is 0 Å². The predicted octanol–water partition coefficient (Wildman–Crippen LogP) is 3.73. The Hall–Kier alpha value is -1.35. The molecule has 0 spiro atoms. The van der Waals surface area contributed by atoms with Gasteiger partial charge in [0.05, 0.1) is 0 Å². The van der Waals surface area contributed by atoms with E-state index < -0.39 is 0 Å². The maximum absolute atomic E-state index is 12.3. The summed E-state index contributed by atoms with van der Waals surface area (Å²) in [5, 5.41) is 3.31. The van der Waals surface area contributed by atoms with Crippen LogP contribution in [0.2, 0.25) is 0 Å². The molecule has 3 rings (SSSR count). The van der Waals surface area contributed by atoms with Crippen LogP contribution in [0, 0.1) is 5.41 Å². The highest BCUT2D eigenvalue weighted by Crippen LogP contribution is 2.35. The lowest BCUT2D eigenvalue weighted by molar-refractivity contribution is -0.130. The molecule has 0 saturated carbocycles. The van der Waals surface area contributed by atoms with Gasteiger partial charge in [-0.25, -0.2) is 0 Å². The first-order chi connectivity index (χ1) is 10.9. The van der Waals surface area contributed by atoms with E-state index in [1.54, 1.807) is 0 Å². The van der Waals surface area contributed by atoms with Crippen LogP contribution in [0.3, 0.4) is 0 Å². The summed E-state index contributed by atoms with van der Waals surface area (Å²) in [6.07, 6.45) is 6.08. The molecular formula is C20H30N2O. The first-order valence-electron chi connectivity index (χ1n) is 9.04. The lowest BCUT2D eigenvalue weighted by atomic mass is 9.81. The summed E-state index contributed by atoms with van der Waals surface area (Å²) in [6, 6.07) is 12.4. The molecule has 3 nitrogen and oxygen atoms in total. The van der Waals surface area contributed by atoms with Crippen molar-refractivity contribution >= 4 is 5.91 Å². The van der Waals surface area contributed by atoms with Gasteiger partial charge in [-0.15, -0.1) is 0 Å². The lowest BCUT2D eigenvalue weighted by Crippen LogP contribution is -2.57. The fraction of sp³-hybridized carbons (Fsp3) is 0.650.